The van der Waals surface area contributed by atoms with Crippen molar-refractivity contribution in [2.75, 3.05) is 50.5 Å². The summed E-state index contributed by atoms with van der Waals surface area (Å²) in [6.07, 6.45) is 0. The average Bonchev–Trinajstić information content (AvgIpc) is 2.75. The zero-order chi connectivity index (χ0) is 21.7. The van der Waals surface area contributed by atoms with Crippen molar-refractivity contribution in [1.82, 2.24) is 9.62 Å². The molecular weight excluding hydrogens is 449 g/mol. The van der Waals surface area contributed by atoms with Crippen LogP contribution in [0, 0.1) is 0 Å². The van der Waals surface area contributed by atoms with Gasteiger partial charge in [0, 0.05) is 43.4 Å². The highest BCUT2D eigenvalue weighted by atomic mass is 35.5. The van der Waals surface area contributed by atoms with Crippen molar-refractivity contribution in [3.63, 3.8) is 0 Å². The first-order chi connectivity index (χ1) is 14.3. The first kappa shape index (κ1) is 22.7. The molecule has 2 aromatic rings. The molecule has 0 radical (unpaired) electrons. The number of piperazine rings is 1. The number of sulfonamides is 1. The van der Waals surface area contributed by atoms with E-state index in [0.717, 1.165) is 11.4 Å². The van der Waals surface area contributed by atoms with Crippen molar-refractivity contribution in [2.45, 2.75) is 0 Å². The van der Waals surface area contributed by atoms with Crippen LogP contribution in [0.25, 0.3) is 0 Å². The van der Waals surface area contributed by atoms with Crippen LogP contribution in [0.1, 0.15) is 10.4 Å². The Morgan fingerprint density at radius 1 is 1.07 bits per heavy atom. The summed E-state index contributed by atoms with van der Waals surface area (Å²) in [6, 6.07) is 12.2. The number of hydrogen-bond acceptors (Lipinski definition) is 5. The Morgan fingerprint density at radius 3 is 2.37 bits per heavy atom. The van der Waals surface area contributed by atoms with E-state index in [9.17, 15) is 13.2 Å². The number of benzene rings is 2. The zero-order valence-corrected chi connectivity index (χ0v) is 18.8. The minimum absolute atomic E-state index is 0.0112. The van der Waals surface area contributed by atoms with Gasteiger partial charge in [-0.15, -0.1) is 0 Å². The lowest BCUT2D eigenvalue weighted by Crippen LogP contribution is -2.50. The number of carbonyl (C=O) groups excluding carboxylic acids is 1. The van der Waals surface area contributed by atoms with E-state index in [1.54, 1.807) is 13.2 Å². The summed E-state index contributed by atoms with van der Waals surface area (Å²) in [7, 11) is -1.87. The Morgan fingerprint density at radius 2 is 1.73 bits per heavy atom. The van der Waals surface area contributed by atoms with Crippen molar-refractivity contribution >= 4 is 44.8 Å². The van der Waals surface area contributed by atoms with Gasteiger partial charge in [-0.05, 0) is 42.5 Å². The summed E-state index contributed by atoms with van der Waals surface area (Å²) >= 11 is 11.9. The lowest BCUT2D eigenvalue weighted by molar-refractivity contribution is 0.0956. The van der Waals surface area contributed by atoms with Crippen LogP contribution in [0.4, 0.5) is 5.69 Å². The number of ether oxygens (including phenoxy) is 1. The molecule has 0 bridgehead atoms. The number of methoxy groups -OCH3 is 1. The summed E-state index contributed by atoms with van der Waals surface area (Å²) in [5, 5.41) is 3.24. The standard InChI is InChI=1S/C20H23Cl2N3O4S/c1-29-17-5-3-16(4-6-17)24-9-11-25(12-10-24)30(27,28)13-8-23-20(26)18-14-15(21)2-7-19(18)22/h2-7,14H,8-13H2,1H3,(H,23,26). The van der Waals surface area contributed by atoms with E-state index in [-0.39, 0.29) is 22.9 Å². The first-order valence-electron chi connectivity index (χ1n) is 9.40. The van der Waals surface area contributed by atoms with Gasteiger partial charge < -0.3 is 15.0 Å². The molecule has 1 fully saturated rings. The van der Waals surface area contributed by atoms with Gasteiger partial charge >= 0.3 is 0 Å². The maximum atomic E-state index is 12.6. The molecule has 3 rings (SSSR count). The van der Waals surface area contributed by atoms with Crippen LogP contribution in [-0.4, -0.2) is 64.2 Å². The first-order valence-corrected chi connectivity index (χ1v) is 11.8. The molecular formula is C20H23Cl2N3O4S. The summed E-state index contributed by atoms with van der Waals surface area (Å²) < 4.78 is 31.9. The molecule has 0 unspecified atom stereocenters. The monoisotopic (exact) mass is 471 g/mol. The molecule has 1 N–H and O–H groups in total. The van der Waals surface area contributed by atoms with Crippen molar-refractivity contribution < 1.29 is 17.9 Å². The maximum absolute atomic E-state index is 12.6. The number of amides is 1. The molecule has 10 heteroatoms. The Bertz CT molecular complexity index is 992. The fourth-order valence-corrected chi connectivity index (χ4v) is 4.92. The van der Waals surface area contributed by atoms with Crippen molar-refractivity contribution in [2.24, 2.45) is 0 Å². The Kier molecular flexibility index (Phi) is 7.46. The highest BCUT2D eigenvalue weighted by Gasteiger charge is 2.27. The number of carbonyl (C=O) groups is 1. The second-order valence-electron chi connectivity index (χ2n) is 6.78. The lowest BCUT2D eigenvalue weighted by Gasteiger charge is -2.35. The lowest BCUT2D eigenvalue weighted by atomic mass is 10.2. The van der Waals surface area contributed by atoms with Gasteiger partial charge in [-0.2, -0.15) is 4.31 Å². The SMILES string of the molecule is COc1ccc(N2CCN(S(=O)(=O)CCNC(=O)c3cc(Cl)ccc3Cl)CC2)cc1. The maximum Gasteiger partial charge on any atom is 0.252 e. The van der Waals surface area contributed by atoms with E-state index < -0.39 is 15.9 Å². The molecule has 7 nitrogen and oxygen atoms in total. The molecule has 1 aliphatic rings. The third kappa shape index (κ3) is 5.57. The number of rotatable bonds is 7. The van der Waals surface area contributed by atoms with E-state index >= 15 is 0 Å². The summed E-state index contributed by atoms with van der Waals surface area (Å²) in [6.45, 7) is 1.96. The fraction of sp³-hybridized carbons (Fsp3) is 0.350. The van der Waals surface area contributed by atoms with E-state index in [0.29, 0.717) is 31.2 Å². The summed E-state index contributed by atoms with van der Waals surface area (Å²) in [4.78, 5) is 14.4. The smallest absolute Gasteiger partial charge is 0.252 e. The molecule has 0 spiro atoms. The molecule has 0 atom stereocenters. The Labute approximate surface area is 186 Å². The summed E-state index contributed by atoms with van der Waals surface area (Å²) in [5.74, 6) is 0.141. The van der Waals surface area contributed by atoms with Gasteiger partial charge in [0.25, 0.3) is 5.91 Å². The molecule has 2 aromatic carbocycles. The number of nitrogens with zero attached hydrogens (tertiary/aromatic N) is 2. The van der Waals surface area contributed by atoms with Crippen molar-refractivity contribution in [3.8, 4) is 5.75 Å². The van der Waals surface area contributed by atoms with Gasteiger partial charge in [0.15, 0.2) is 0 Å². The van der Waals surface area contributed by atoms with Crippen molar-refractivity contribution in [1.29, 1.82) is 0 Å². The van der Waals surface area contributed by atoms with Gasteiger partial charge in [0.05, 0.1) is 23.4 Å². The van der Waals surface area contributed by atoms with Gasteiger partial charge in [-0.3, -0.25) is 4.79 Å². The molecule has 1 saturated heterocycles. The van der Waals surface area contributed by atoms with Crippen LogP contribution < -0.4 is 15.0 Å². The number of hydrogen-bond donors (Lipinski definition) is 1. The molecule has 1 amide bonds. The quantitative estimate of drug-likeness (QED) is 0.671. The van der Waals surface area contributed by atoms with Crippen molar-refractivity contribution in [3.05, 3.63) is 58.1 Å². The van der Waals surface area contributed by atoms with Crippen LogP contribution in [-0.2, 0) is 10.0 Å². The predicted octanol–water partition coefficient (Wildman–Crippen LogP) is 2.88. The molecule has 0 aliphatic carbocycles. The Hall–Kier alpha value is -2.00. The van der Waals surface area contributed by atoms with Gasteiger partial charge in [-0.25, -0.2) is 8.42 Å². The second kappa shape index (κ2) is 9.87. The number of halogens is 2. The van der Waals surface area contributed by atoms with Crippen LogP contribution in [0.2, 0.25) is 10.0 Å². The van der Waals surface area contributed by atoms with Gasteiger partial charge in [0.2, 0.25) is 10.0 Å². The van der Waals surface area contributed by atoms with Gasteiger partial charge in [0.1, 0.15) is 5.75 Å². The molecule has 1 heterocycles. The Balaban J connectivity index is 1.50. The predicted molar refractivity (Wildman–Crippen MR) is 119 cm³/mol. The number of anilines is 1. The molecule has 0 aromatic heterocycles. The third-order valence-corrected chi connectivity index (χ3v) is 7.32. The summed E-state index contributed by atoms with van der Waals surface area (Å²) in [5.41, 5.74) is 1.24. The normalized spacial score (nSPS) is 15.1. The molecule has 0 saturated carbocycles. The van der Waals surface area contributed by atoms with Gasteiger partial charge in [-0.1, -0.05) is 23.2 Å². The third-order valence-electron chi connectivity index (χ3n) is 4.89. The minimum atomic E-state index is -3.48. The molecule has 1 aliphatic heterocycles. The van der Waals surface area contributed by atoms with Crippen LogP contribution >= 0.6 is 23.2 Å². The highest BCUT2D eigenvalue weighted by molar-refractivity contribution is 7.89. The van der Waals surface area contributed by atoms with E-state index in [2.05, 4.69) is 10.2 Å². The van der Waals surface area contributed by atoms with E-state index in [4.69, 9.17) is 27.9 Å². The second-order valence-corrected chi connectivity index (χ2v) is 9.71. The van der Waals surface area contributed by atoms with Crippen LogP contribution in [0.3, 0.4) is 0 Å². The molecule has 162 valence electrons. The topological polar surface area (TPSA) is 79.0 Å². The largest absolute Gasteiger partial charge is 0.497 e. The van der Waals surface area contributed by atoms with E-state index in [1.165, 1.54) is 16.4 Å². The number of nitrogens with one attached hydrogen (secondary N) is 1. The fourth-order valence-electron chi connectivity index (χ4n) is 3.21. The van der Waals surface area contributed by atoms with Crippen LogP contribution in [0.5, 0.6) is 5.75 Å². The zero-order valence-electron chi connectivity index (χ0n) is 16.5. The molecule has 30 heavy (non-hydrogen) atoms. The minimum Gasteiger partial charge on any atom is -0.497 e. The highest BCUT2D eigenvalue weighted by Crippen LogP contribution is 2.22. The van der Waals surface area contributed by atoms with Crippen LogP contribution in [0.15, 0.2) is 42.5 Å². The average molecular weight is 472 g/mol. The van der Waals surface area contributed by atoms with E-state index in [1.807, 2.05) is 24.3 Å².